The van der Waals surface area contributed by atoms with Crippen molar-refractivity contribution in [1.29, 1.82) is 0 Å². The smallest absolute Gasteiger partial charge is 0.268 e. The first-order valence-electron chi connectivity index (χ1n) is 16.0. The maximum absolute atomic E-state index is 14.8. The predicted octanol–water partition coefficient (Wildman–Crippen LogP) is 10.6. The van der Waals surface area contributed by atoms with Gasteiger partial charge in [-0.25, -0.2) is 4.90 Å². The second-order valence-electron chi connectivity index (χ2n) is 12.0. The first kappa shape index (κ1) is 27.8. The predicted molar refractivity (Wildman–Crippen MR) is 195 cm³/mol. The van der Waals surface area contributed by atoms with E-state index in [0.29, 0.717) is 22.5 Å². The maximum atomic E-state index is 14.8. The standard InChI is InChI=1S/C44H28N2O2/c47-43-35-22-13-25-40(45-37-23-11-10-20-34(37)36-28-32(26-27-38(36)45)29-14-4-1-5-15-29)42(35)44(48)46(43)39-24-12-21-33(30-16-6-2-7-17-30)41(39)31-18-8-3-9-19-31/h1-28H. The summed E-state index contributed by atoms with van der Waals surface area (Å²) in [7, 11) is 0. The van der Waals surface area contributed by atoms with E-state index in [9.17, 15) is 9.59 Å². The summed E-state index contributed by atoms with van der Waals surface area (Å²) in [5.41, 5.74) is 9.99. The Bertz CT molecular complexity index is 2530. The van der Waals surface area contributed by atoms with Gasteiger partial charge in [0, 0.05) is 16.3 Å². The maximum Gasteiger partial charge on any atom is 0.268 e. The molecule has 1 aromatic heterocycles. The highest BCUT2D eigenvalue weighted by molar-refractivity contribution is 6.36. The van der Waals surface area contributed by atoms with Crippen molar-refractivity contribution in [2.75, 3.05) is 4.90 Å². The molecule has 0 aliphatic carbocycles. The zero-order chi connectivity index (χ0) is 32.2. The zero-order valence-electron chi connectivity index (χ0n) is 25.9. The molecule has 0 radical (unpaired) electrons. The van der Waals surface area contributed by atoms with E-state index in [4.69, 9.17) is 0 Å². The Morgan fingerprint density at radius 2 is 0.938 bits per heavy atom. The number of hydrogen-bond acceptors (Lipinski definition) is 2. The van der Waals surface area contributed by atoms with Crippen LogP contribution in [-0.4, -0.2) is 16.4 Å². The number of hydrogen-bond donors (Lipinski definition) is 0. The second kappa shape index (κ2) is 11.1. The summed E-state index contributed by atoms with van der Waals surface area (Å²) in [6.45, 7) is 0. The molecule has 1 aliphatic heterocycles. The molecule has 0 N–H and O–H groups in total. The Balaban J connectivity index is 1.25. The number of benzene rings is 7. The fraction of sp³-hybridized carbons (Fsp3) is 0. The third kappa shape index (κ3) is 4.24. The fourth-order valence-electron chi connectivity index (χ4n) is 7.21. The van der Waals surface area contributed by atoms with Crippen LogP contribution in [0, 0.1) is 0 Å². The highest BCUT2D eigenvalue weighted by atomic mass is 16.2. The van der Waals surface area contributed by atoms with Crippen molar-refractivity contribution >= 4 is 39.3 Å². The molecular formula is C44H28N2O2. The molecule has 2 heterocycles. The van der Waals surface area contributed by atoms with Crippen molar-refractivity contribution < 1.29 is 9.59 Å². The number of imide groups is 1. The van der Waals surface area contributed by atoms with E-state index in [0.717, 1.165) is 55.2 Å². The molecule has 9 rings (SSSR count). The third-order valence-corrected chi connectivity index (χ3v) is 9.34. The largest absolute Gasteiger partial charge is 0.308 e. The van der Waals surface area contributed by atoms with Gasteiger partial charge in [-0.3, -0.25) is 9.59 Å². The summed E-state index contributed by atoms with van der Waals surface area (Å²) < 4.78 is 2.13. The van der Waals surface area contributed by atoms with Gasteiger partial charge in [-0.15, -0.1) is 0 Å². The molecule has 1 aliphatic rings. The van der Waals surface area contributed by atoms with Crippen molar-refractivity contribution in [2.45, 2.75) is 0 Å². The molecule has 2 amide bonds. The Kier molecular flexibility index (Phi) is 6.41. The molecular weight excluding hydrogens is 588 g/mol. The molecule has 0 spiro atoms. The van der Waals surface area contributed by atoms with Gasteiger partial charge in [0.1, 0.15) is 0 Å². The minimum absolute atomic E-state index is 0.327. The average molecular weight is 617 g/mol. The Labute approximate surface area is 277 Å². The molecule has 0 saturated carbocycles. The van der Waals surface area contributed by atoms with Crippen LogP contribution < -0.4 is 4.90 Å². The summed E-state index contributed by atoms with van der Waals surface area (Å²) in [5.74, 6) is -0.661. The number of amides is 2. The minimum atomic E-state index is -0.333. The summed E-state index contributed by atoms with van der Waals surface area (Å²) in [4.78, 5) is 30.5. The SMILES string of the molecule is O=C1c2cccc(-n3c4ccccc4c4cc(-c5ccccc5)ccc43)c2C(=O)N1c1cccc(-c2ccccc2)c1-c1ccccc1. The van der Waals surface area contributed by atoms with Crippen molar-refractivity contribution in [3.8, 4) is 39.1 Å². The molecule has 7 aromatic carbocycles. The van der Waals surface area contributed by atoms with Crippen LogP contribution >= 0.6 is 0 Å². The number of fused-ring (bicyclic) bond motifs is 4. The molecule has 0 atom stereocenters. The molecule has 0 fully saturated rings. The highest BCUT2D eigenvalue weighted by Gasteiger charge is 2.40. The molecule has 4 heteroatoms. The van der Waals surface area contributed by atoms with Crippen LogP contribution in [0.15, 0.2) is 170 Å². The summed E-state index contributed by atoms with van der Waals surface area (Å²) in [5, 5.41) is 2.17. The van der Waals surface area contributed by atoms with Crippen LogP contribution in [-0.2, 0) is 0 Å². The Hall–Kier alpha value is -6.52. The van der Waals surface area contributed by atoms with Gasteiger partial charge in [-0.1, -0.05) is 133 Å². The lowest BCUT2D eigenvalue weighted by atomic mass is 9.92. The first-order valence-corrected chi connectivity index (χ1v) is 16.0. The zero-order valence-corrected chi connectivity index (χ0v) is 25.9. The third-order valence-electron chi connectivity index (χ3n) is 9.34. The lowest BCUT2D eigenvalue weighted by molar-refractivity contribution is 0.0926. The fourth-order valence-corrected chi connectivity index (χ4v) is 7.21. The second-order valence-corrected chi connectivity index (χ2v) is 12.0. The molecule has 0 saturated heterocycles. The van der Waals surface area contributed by atoms with Crippen LogP contribution in [0.4, 0.5) is 5.69 Å². The van der Waals surface area contributed by atoms with E-state index in [1.165, 1.54) is 4.90 Å². The van der Waals surface area contributed by atoms with Crippen molar-refractivity contribution in [1.82, 2.24) is 4.57 Å². The number of carbonyl (C=O) groups excluding carboxylic acids is 2. The Morgan fingerprint density at radius 3 is 1.67 bits per heavy atom. The normalized spacial score (nSPS) is 12.6. The van der Waals surface area contributed by atoms with Gasteiger partial charge in [0.05, 0.1) is 33.5 Å². The number of anilines is 1. The quantitative estimate of drug-likeness (QED) is 0.181. The molecule has 0 unspecified atom stereocenters. The topological polar surface area (TPSA) is 42.3 Å². The minimum Gasteiger partial charge on any atom is -0.308 e. The molecule has 8 aromatic rings. The van der Waals surface area contributed by atoms with Crippen LogP contribution in [0.25, 0.3) is 60.9 Å². The van der Waals surface area contributed by atoms with E-state index in [-0.39, 0.29) is 11.8 Å². The monoisotopic (exact) mass is 616 g/mol. The first-order chi connectivity index (χ1) is 23.7. The van der Waals surface area contributed by atoms with E-state index in [1.807, 2.05) is 109 Å². The number of carbonyl (C=O) groups is 2. The highest BCUT2D eigenvalue weighted by Crippen LogP contribution is 2.44. The number of para-hydroxylation sites is 1. The van der Waals surface area contributed by atoms with E-state index in [1.54, 1.807) is 6.07 Å². The van der Waals surface area contributed by atoms with Crippen molar-refractivity contribution in [2.24, 2.45) is 0 Å². The number of nitrogens with zero attached hydrogens (tertiary/aromatic N) is 2. The number of aromatic nitrogens is 1. The van der Waals surface area contributed by atoms with Gasteiger partial charge in [-0.2, -0.15) is 0 Å². The Morgan fingerprint density at radius 1 is 0.354 bits per heavy atom. The van der Waals surface area contributed by atoms with Gasteiger partial charge in [-0.05, 0) is 64.2 Å². The average Bonchev–Trinajstić information content (AvgIpc) is 3.62. The number of rotatable bonds is 5. The van der Waals surface area contributed by atoms with Crippen LogP contribution in [0.3, 0.4) is 0 Å². The van der Waals surface area contributed by atoms with Crippen LogP contribution in [0.1, 0.15) is 20.7 Å². The van der Waals surface area contributed by atoms with E-state index < -0.39 is 0 Å². The summed E-state index contributed by atoms with van der Waals surface area (Å²) >= 11 is 0. The molecule has 4 nitrogen and oxygen atoms in total. The van der Waals surface area contributed by atoms with Crippen molar-refractivity contribution in [3.05, 3.63) is 181 Å². The molecule has 0 bridgehead atoms. The van der Waals surface area contributed by atoms with Gasteiger partial charge in [0.2, 0.25) is 0 Å². The lowest BCUT2D eigenvalue weighted by Gasteiger charge is -2.22. The molecule has 48 heavy (non-hydrogen) atoms. The summed E-state index contributed by atoms with van der Waals surface area (Å²) in [6, 6.07) is 56.5. The van der Waals surface area contributed by atoms with Gasteiger partial charge in [0.15, 0.2) is 0 Å². The van der Waals surface area contributed by atoms with Gasteiger partial charge in [0.25, 0.3) is 11.8 Å². The van der Waals surface area contributed by atoms with E-state index >= 15 is 0 Å². The van der Waals surface area contributed by atoms with Crippen LogP contribution in [0.5, 0.6) is 0 Å². The van der Waals surface area contributed by atoms with Gasteiger partial charge < -0.3 is 4.57 Å². The van der Waals surface area contributed by atoms with Gasteiger partial charge >= 0.3 is 0 Å². The molecule has 226 valence electrons. The van der Waals surface area contributed by atoms with Crippen molar-refractivity contribution in [3.63, 3.8) is 0 Å². The lowest BCUT2D eigenvalue weighted by Crippen LogP contribution is -2.30. The summed E-state index contributed by atoms with van der Waals surface area (Å²) in [6.07, 6.45) is 0. The van der Waals surface area contributed by atoms with Crippen LogP contribution in [0.2, 0.25) is 0 Å². The van der Waals surface area contributed by atoms with E-state index in [2.05, 4.69) is 59.2 Å².